The van der Waals surface area contributed by atoms with Crippen molar-refractivity contribution in [1.82, 2.24) is 4.98 Å². The molecule has 1 aromatic rings. The summed E-state index contributed by atoms with van der Waals surface area (Å²) in [4.78, 5) is 4.50. The van der Waals surface area contributed by atoms with Crippen molar-refractivity contribution < 1.29 is 9.84 Å². The quantitative estimate of drug-likeness (QED) is 0.909. The summed E-state index contributed by atoms with van der Waals surface area (Å²) < 4.78 is 6.13. The van der Waals surface area contributed by atoms with E-state index in [-0.39, 0.29) is 5.60 Å². The van der Waals surface area contributed by atoms with Crippen LogP contribution in [0, 0.1) is 19.8 Å². The minimum atomic E-state index is -0.409. The highest BCUT2D eigenvalue weighted by atomic mass is 32.2. The molecule has 1 aromatic heterocycles. The predicted molar refractivity (Wildman–Crippen MR) is 86.6 cm³/mol. The highest BCUT2D eigenvalue weighted by Gasteiger charge is 2.41. The zero-order valence-electron chi connectivity index (χ0n) is 13.0. The van der Waals surface area contributed by atoms with Gasteiger partial charge in [-0.05, 0) is 63.0 Å². The maximum Gasteiger partial charge on any atom is 0.0837 e. The van der Waals surface area contributed by atoms with Gasteiger partial charge in [-0.15, -0.1) is 0 Å². The Balaban J connectivity index is 1.76. The van der Waals surface area contributed by atoms with E-state index in [9.17, 15) is 5.11 Å². The van der Waals surface area contributed by atoms with Crippen molar-refractivity contribution in [3.05, 3.63) is 29.1 Å². The number of aliphatic hydroxyl groups is 1. The fourth-order valence-electron chi connectivity index (χ4n) is 3.69. The highest BCUT2D eigenvalue weighted by molar-refractivity contribution is 7.99. The van der Waals surface area contributed by atoms with Gasteiger partial charge in [0.2, 0.25) is 0 Å². The van der Waals surface area contributed by atoms with Gasteiger partial charge in [0, 0.05) is 23.6 Å². The summed E-state index contributed by atoms with van der Waals surface area (Å²) in [5, 5.41) is 10.8. The Bertz CT molecular complexity index is 494. The third kappa shape index (κ3) is 3.27. The third-order valence-corrected chi connectivity index (χ3v) is 5.95. The van der Waals surface area contributed by atoms with Crippen molar-refractivity contribution in [2.45, 2.75) is 51.2 Å². The SMILES string of the molecule is Cc1ccc(C(O)C2CCOC3(CCSCC3)C2)c(C)n1. The van der Waals surface area contributed by atoms with Crippen LogP contribution in [0.3, 0.4) is 0 Å². The van der Waals surface area contributed by atoms with E-state index in [1.165, 1.54) is 11.5 Å². The Labute approximate surface area is 131 Å². The van der Waals surface area contributed by atoms with Crippen LogP contribution in [0.25, 0.3) is 0 Å². The van der Waals surface area contributed by atoms with Gasteiger partial charge in [0.25, 0.3) is 0 Å². The predicted octanol–water partition coefficient (Wildman–Crippen LogP) is 3.42. The Kier molecular flexibility index (Phi) is 4.57. The van der Waals surface area contributed by atoms with Crippen molar-refractivity contribution in [3.63, 3.8) is 0 Å². The largest absolute Gasteiger partial charge is 0.388 e. The summed E-state index contributed by atoms with van der Waals surface area (Å²) in [6.07, 6.45) is 3.79. The number of ether oxygens (including phenoxy) is 1. The zero-order chi connectivity index (χ0) is 14.9. The number of rotatable bonds is 2. The summed E-state index contributed by atoms with van der Waals surface area (Å²) in [5.41, 5.74) is 2.99. The topological polar surface area (TPSA) is 42.4 Å². The molecule has 0 aromatic carbocycles. The van der Waals surface area contributed by atoms with E-state index in [2.05, 4.69) is 4.98 Å². The standard InChI is InChI=1S/C17H25NO2S/c1-12-3-4-15(13(2)18-12)16(19)14-5-8-20-17(11-14)6-9-21-10-7-17/h3-4,14,16,19H,5-11H2,1-2H3. The molecule has 3 nitrogen and oxygen atoms in total. The molecule has 4 heteroatoms. The van der Waals surface area contributed by atoms with Gasteiger partial charge in [0.15, 0.2) is 0 Å². The van der Waals surface area contributed by atoms with E-state index >= 15 is 0 Å². The van der Waals surface area contributed by atoms with Crippen LogP contribution in [0.4, 0.5) is 0 Å². The van der Waals surface area contributed by atoms with E-state index in [4.69, 9.17) is 4.74 Å². The van der Waals surface area contributed by atoms with Crippen LogP contribution in [0.2, 0.25) is 0 Å². The van der Waals surface area contributed by atoms with Crippen molar-refractivity contribution in [1.29, 1.82) is 0 Å². The van der Waals surface area contributed by atoms with Crippen molar-refractivity contribution in [2.24, 2.45) is 5.92 Å². The van der Waals surface area contributed by atoms with Crippen LogP contribution in [-0.2, 0) is 4.74 Å². The minimum absolute atomic E-state index is 0.0289. The zero-order valence-corrected chi connectivity index (χ0v) is 13.8. The molecule has 1 spiro atoms. The molecular formula is C17H25NO2S. The third-order valence-electron chi connectivity index (χ3n) is 4.97. The van der Waals surface area contributed by atoms with E-state index in [1.54, 1.807) is 0 Å². The second kappa shape index (κ2) is 6.27. The number of nitrogens with zero attached hydrogens (tertiary/aromatic N) is 1. The van der Waals surface area contributed by atoms with E-state index in [0.29, 0.717) is 5.92 Å². The molecule has 0 bridgehead atoms. The monoisotopic (exact) mass is 307 g/mol. The molecule has 0 amide bonds. The van der Waals surface area contributed by atoms with Crippen LogP contribution in [0.1, 0.15) is 48.7 Å². The van der Waals surface area contributed by atoms with Crippen LogP contribution >= 0.6 is 11.8 Å². The maximum absolute atomic E-state index is 10.8. The Morgan fingerprint density at radius 1 is 1.33 bits per heavy atom. The van der Waals surface area contributed by atoms with Gasteiger partial charge in [0.1, 0.15) is 0 Å². The number of aryl methyl sites for hydroxylation is 2. The molecule has 1 N–H and O–H groups in total. The summed E-state index contributed by atoms with van der Waals surface area (Å²) in [5.74, 6) is 2.67. The molecular weight excluding hydrogens is 282 g/mol. The first kappa shape index (κ1) is 15.3. The molecule has 2 atom stereocenters. The lowest BCUT2D eigenvalue weighted by molar-refractivity contribution is -0.121. The molecule has 0 saturated carbocycles. The normalized spacial score (nSPS) is 26.7. The molecule has 2 fully saturated rings. The maximum atomic E-state index is 10.8. The average molecular weight is 307 g/mol. The van der Waals surface area contributed by atoms with Crippen LogP contribution in [0.5, 0.6) is 0 Å². The molecule has 2 unspecified atom stereocenters. The second-order valence-corrected chi connectivity index (χ2v) is 7.69. The van der Waals surface area contributed by atoms with Gasteiger partial charge in [-0.3, -0.25) is 4.98 Å². The first-order chi connectivity index (χ1) is 10.1. The van der Waals surface area contributed by atoms with Gasteiger partial charge < -0.3 is 9.84 Å². The van der Waals surface area contributed by atoms with E-state index in [1.807, 2.05) is 37.7 Å². The molecule has 2 aliphatic heterocycles. The molecule has 116 valence electrons. The van der Waals surface area contributed by atoms with E-state index < -0.39 is 6.10 Å². The van der Waals surface area contributed by atoms with Gasteiger partial charge in [0.05, 0.1) is 11.7 Å². The summed E-state index contributed by atoms with van der Waals surface area (Å²) in [6.45, 7) is 4.77. The fourth-order valence-corrected chi connectivity index (χ4v) is 4.93. The first-order valence-corrected chi connectivity index (χ1v) is 9.09. The lowest BCUT2D eigenvalue weighted by atomic mass is 9.78. The van der Waals surface area contributed by atoms with Crippen LogP contribution < -0.4 is 0 Å². The molecule has 0 radical (unpaired) electrons. The molecule has 21 heavy (non-hydrogen) atoms. The molecule has 0 aliphatic carbocycles. The van der Waals surface area contributed by atoms with Gasteiger partial charge >= 0.3 is 0 Å². The first-order valence-electron chi connectivity index (χ1n) is 7.94. The van der Waals surface area contributed by atoms with Crippen molar-refractivity contribution in [3.8, 4) is 0 Å². The van der Waals surface area contributed by atoms with Crippen LogP contribution in [-0.4, -0.2) is 33.8 Å². The molecule has 2 saturated heterocycles. The summed E-state index contributed by atoms with van der Waals surface area (Å²) in [6, 6.07) is 4.04. The number of hydrogen-bond donors (Lipinski definition) is 1. The number of aliphatic hydroxyl groups excluding tert-OH is 1. The number of aromatic nitrogens is 1. The minimum Gasteiger partial charge on any atom is -0.388 e. The van der Waals surface area contributed by atoms with Crippen molar-refractivity contribution in [2.75, 3.05) is 18.1 Å². The molecule has 2 aliphatic rings. The van der Waals surface area contributed by atoms with Crippen LogP contribution in [0.15, 0.2) is 12.1 Å². The fraction of sp³-hybridized carbons (Fsp3) is 0.706. The second-order valence-electron chi connectivity index (χ2n) is 6.47. The number of hydrogen-bond acceptors (Lipinski definition) is 4. The Morgan fingerprint density at radius 2 is 2.10 bits per heavy atom. The number of pyridine rings is 1. The molecule has 3 rings (SSSR count). The Hall–Kier alpha value is -0.580. The Morgan fingerprint density at radius 3 is 2.81 bits per heavy atom. The lowest BCUT2D eigenvalue weighted by Gasteiger charge is -2.44. The highest BCUT2D eigenvalue weighted by Crippen LogP contribution is 2.43. The molecule has 3 heterocycles. The van der Waals surface area contributed by atoms with Gasteiger partial charge in [-0.2, -0.15) is 11.8 Å². The van der Waals surface area contributed by atoms with E-state index in [0.717, 1.165) is 49.2 Å². The number of thioether (sulfide) groups is 1. The smallest absolute Gasteiger partial charge is 0.0837 e. The van der Waals surface area contributed by atoms with Gasteiger partial charge in [-0.1, -0.05) is 6.07 Å². The summed E-state index contributed by atoms with van der Waals surface area (Å²) in [7, 11) is 0. The van der Waals surface area contributed by atoms with Crippen molar-refractivity contribution >= 4 is 11.8 Å². The average Bonchev–Trinajstić information content (AvgIpc) is 2.47. The summed E-state index contributed by atoms with van der Waals surface area (Å²) >= 11 is 2.02. The van der Waals surface area contributed by atoms with Gasteiger partial charge in [-0.25, -0.2) is 0 Å². The lowest BCUT2D eigenvalue weighted by Crippen LogP contribution is -2.44.